The fourth-order valence-corrected chi connectivity index (χ4v) is 1.16. The Balaban J connectivity index is 3.00. The topological polar surface area (TPSA) is 64.4 Å². The molecule has 3 nitrogen and oxygen atoms in total. The number of hydrazone groups is 1. The predicted octanol–water partition coefficient (Wildman–Crippen LogP) is 1.25. The van der Waals surface area contributed by atoms with E-state index in [9.17, 15) is 4.39 Å². The Bertz CT molecular complexity index is 318. The second-order valence-corrected chi connectivity index (χ2v) is 2.90. The van der Waals surface area contributed by atoms with Crippen LogP contribution in [-0.2, 0) is 6.42 Å². The summed E-state index contributed by atoms with van der Waals surface area (Å²) in [6.45, 7) is 0. The standard InChI is InChI=1S/C8H9ClFN3/c9-6-2-1-3-7(10)5(6)4-8(11)13-12/h1-3H,4,12H2,(H2,11,13). The summed E-state index contributed by atoms with van der Waals surface area (Å²) in [6, 6.07) is 4.42. The van der Waals surface area contributed by atoms with Crippen LogP contribution in [0.1, 0.15) is 5.56 Å². The van der Waals surface area contributed by atoms with Crippen LogP contribution in [-0.4, -0.2) is 5.84 Å². The lowest BCUT2D eigenvalue weighted by Crippen LogP contribution is -2.17. The highest BCUT2D eigenvalue weighted by Gasteiger charge is 2.07. The van der Waals surface area contributed by atoms with Gasteiger partial charge in [0, 0.05) is 17.0 Å². The Morgan fingerprint density at radius 2 is 2.23 bits per heavy atom. The van der Waals surface area contributed by atoms with Gasteiger partial charge >= 0.3 is 0 Å². The number of nitrogens with two attached hydrogens (primary N) is 2. The average molecular weight is 202 g/mol. The van der Waals surface area contributed by atoms with Crippen LogP contribution in [0.2, 0.25) is 5.02 Å². The molecule has 0 aromatic heterocycles. The van der Waals surface area contributed by atoms with Gasteiger partial charge in [-0.15, -0.1) is 0 Å². The average Bonchev–Trinajstić information content (AvgIpc) is 2.11. The predicted molar refractivity (Wildman–Crippen MR) is 50.9 cm³/mol. The van der Waals surface area contributed by atoms with Gasteiger partial charge in [0.25, 0.3) is 0 Å². The molecule has 70 valence electrons. The summed E-state index contributed by atoms with van der Waals surface area (Å²) in [5, 5.41) is 3.56. The molecular weight excluding hydrogens is 193 g/mol. The van der Waals surface area contributed by atoms with E-state index >= 15 is 0 Å². The van der Waals surface area contributed by atoms with Crippen LogP contribution in [0.15, 0.2) is 23.3 Å². The normalized spacial score (nSPS) is 11.7. The number of benzene rings is 1. The van der Waals surface area contributed by atoms with Gasteiger partial charge in [0.2, 0.25) is 0 Å². The van der Waals surface area contributed by atoms with E-state index in [1.165, 1.54) is 12.1 Å². The SMILES string of the molecule is NN=C(N)Cc1c(F)cccc1Cl. The molecule has 1 aromatic rings. The second-order valence-electron chi connectivity index (χ2n) is 2.50. The maximum absolute atomic E-state index is 13.1. The number of nitrogens with zero attached hydrogens (tertiary/aromatic N) is 1. The molecule has 13 heavy (non-hydrogen) atoms. The molecule has 0 aliphatic rings. The summed E-state index contributed by atoms with van der Waals surface area (Å²) >= 11 is 5.74. The Morgan fingerprint density at radius 1 is 1.54 bits per heavy atom. The molecule has 1 aromatic carbocycles. The zero-order valence-corrected chi connectivity index (χ0v) is 7.55. The van der Waals surface area contributed by atoms with Gasteiger partial charge in [0.15, 0.2) is 0 Å². The first kappa shape index (κ1) is 9.80. The largest absolute Gasteiger partial charge is 0.385 e. The summed E-state index contributed by atoms with van der Waals surface area (Å²) in [6.07, 6.45) is 0.127. The monoisotopic (exact) mass is 201 g/mol. The van der Waals surface area contributed by atoms with Crippen LogP contribution >= 0.6 is 11.6 Å². The van der Waals surface area contributed by atoms with Gasteiger partial charge in [-0.1, -0.05) is 17.7 Å². The molecule has 0 radical (unpaired) electrons. The van der Waals surface area contributed by atoms with Crippen molar-refractivity contribution in [3.05, 3.63) is 34.6 Å². The number of halogens is 2. The van der Waals surface area contributed by atoms with Gasteiger partial charge in [0.1, 0.15) is 11.7 Å². The number of rotatable bonds is 2. The van der Waals surface area contributed by atoms with Gasteiger partial charge < -0.3 is 11.6 Å². The molecule has 0 atom stereocenters. The van der Waals surface area contributed by atoms with E-state index in [1.54, 1.807) is 6.07 Å². The molecule has 0 fully saturated rings. The first-order valence-corrected chi connectivity index (χ1v) is 3.98. The van der Waals surface area contributed by atoms with Crippen LogP contribution in [0.3, 0.4) is 0 Å². The van der Waals surface area contributed by atoms with Gasteiger partial charge in [0.05, 0.1) is 0 Å². The summed E-state index contributed by atoms with van der Waals surface area (Å²) in [5.74, 6) is 4.66. The molecule has 0 heterocycles. The molecule has 5 heteroatoms. The lowest BCUT2D eigenvalue weighted by Gasteiger charge is -2.03. The minimum atomic E-state index is -0.404. The van der Waals surface area contributed by atoms with Crippen molar-refractivity contribution in [1.29, 1.82) is 0 Å². The van der Waals surface area contributed by atoms with Crippen molar-refractivity contribution in [1.82, 2.24) is 0 Å². The van der Waals surface area contributed by atoms with Crippen molar-refractivity contribution in [2.75, 3.05) is 0 Å². The van der Waals surface area contributed by atoms with Crippen LogP contribution in [0.4, 0.5) is 4.39 Å². The van der Waals surface area contributed by atoms with Crippen molar-refractivity contribution in [2.24, 2.45) is 16.7 Å². The lowest BCUT2D eigenvalue weighted by atomic mass is 10.1. The summed E-state index contributed by atoms with van der Waals surface area (Å²) in [4.78, 5) is 0. The zero-order chi connectivity index (χ0) is 9.84. The summed E-state index contributed by atoms with van der Waals surface area (Å²) in [7, 11) is 0. The molecule has 0 spiro atoms. The highest BCUT2D eigenvalue weighted by atomic mass is 35.5. The maximum atomic E-state index is 13.1. The van der Waals surface area contributed by atoms with Crippen molar-refractivity contribution in [3.8, 4) is 0 Å². The number of hydrogen-bond donors (Lipinski definition) is 2. The van der Waals surface area contributed by atoms with Crippen molar-refractivity contribution < 1.29 is 4.39 Å². The minimum Gasteiger partial charge on any atom is -0.385 e. The molecule has 0 unspecified atom stereocenters. The molecule has 0 bridgehead atoms. The quantitative estimate of drug-likeness (QED) is 0.327. The first-order chi connectivity index (χ1) is 6.15. The fraction of sp³-hybridized carbons (Fsp3) is 0.125. The maximum Gasteiger partial charge on any atom is 0.128 e. The van der Waals surface area contributed by atoms with E-state index in [0.29, 0.717) is 10.6 Å². The van der Waals surface area contributed by atoms with Gasteiger partial charge in [-0.2, -0.15) is 5.10 Å². The molecule has 1 rings (SSSR count). The Kier molecular flexibility index (Phi) is 3.08. The van der Waals surface area contributed by atoms with E-state index < -0.39 is 5.82 Å². The van der Waals surface area contributed by atoms with Gasteiger partial charge in [-0.25, -0.2) is 4.39 Å². The second kappa shape index (κ2) is 4.09. The van der Waals surface area contributed by atoms with E-state index in [1.807, 2.05) is 0 Å². The van der Waals surface area contributed by atoms with E-state index in [-0.39, 0.29) is 12.3 Å². The third-order valence-electron chi connectivity index (χ3n) is 1.59. The van der Waals surface area contributed by atoms with Crippen molar-refractivity contribution in [2.45, 2.75) is 6.42 Å². The van der Waals surface area contributed by atoms with Crippen LogP contribution in [0.5, 0.6) is 0 Å². The molecule has 0 aliphatic carbocycles. The smallest absolute Gasteiger partial charge is 0.128 e. The summed E-state index contributed by atoms with van der Waals surface area (Å²) in [5.41, 5.74) is 5.66. The number of hydrogen-bond acceptors (Lipinski definition) is 2. The van der Waals surface area contributed by atoms with E-state index in [2.05, 4.69) is 5.10 Å². The highest BCUT2D eigenvalue weighted by molar-refractivity contribution is 6.31. The minimum absolute atomic E-state index is 0.127. The third kappa shape index (κ3) is 2.32. The van der Waals surface area contributed by atoms with Crippen LogP contribution in [0, 0.1) is 5.82 Å². The molecule has 4 N–H and O–H groups in total. The highest BCUT2D eigenvalue weighted by Crippen LogP contribution is 2.19. The molecule has 0 saturated carbocycles. The van der Waals surface area contributed by atoms with Crippen molar-refractivity contribution in [3.63, 3.8) is 0 Å². The van der Waals surface area contributed by atoms with Crippen LogP contribution < -0.4 is 11.6 Å². The Morgan fingerprint density at radius 3 is 2.77 bits per heavy atom. The van der Waals surface area contributed by atoms with Gasteiger partial charge in [-0.05, 0) is 12.1 Å². The van der Waals surface area contributed by atoms with Gasteiger partial charge in [-0.3, -0.25) is 0 Å². The summed E-state index contributed by atoms with van der Waals surface area (Å²) < 4.78 is 13.1. The Hall–Kier alpha value is -1.29. The fourth-order valence-electron chi connectivity index (χ4n) is 0.928. The zero-order valence-electron chi connectivity index (χ0n) is 6.80. The van der Waals surface area contributed by atoms with E-state index in [4.69, 9.17) is 23.2 Å². The third-order valence-corrected chi connectivity index (χ3v) is 1.94. The number of amidine groups is 1. The van der Waals surface area contributed by atoms with E-state index in [0.717, 1.165) is 0 Å². The van der Waals surface area contributed by atoms with Crippen LogP contribution in [0.25, 0.3) is 0 Å². The molecule has 0 aliphatic heterocycles. The molecule has 0 saturated heterocycles. The molecule has 0 amide bonds. The molecular formula is C8H9ClFN3. The first-order valence-electron chi connectivity index (χ1n) is 3.60. The Labute approximate surface area is 80.2 Å². The van der Waals surface area contributed by atoms with Crippen molar-refractivity contribution >= 4 is 17.4 Å². The lowest BCUT2D eigenvalue weighted by molar-refractivity contribution is 0.616.